The Morgan fingerprint density at radius 1 is 1.22 bits per heavy atom. The third-order valence-corrected chi connectivity index (χ3v) is 7.17. The quantitative estimate of drug-likeness (QED) is 0.388. The highest BCUT2D eigenvalue weighted by molar-refractivity contribution is 5.98. The molecule has 3 aliphatic heterocycles. The van der Waals surface area contributed by atoms with Crippen molar-refractivity contribution in [1.82, 2.24) is 15.5 Å². The molecule has 2 amide bonds. The molecule has 212 valence electrons. The largest absolute Gasteiger partial charge is 0.481 e. The van der Waals surface area contributed by atoms with Gasteiger partial charge in [0.2, 0.25) is 12.7 Å². The molecule has 1 aromatic rings. The van der Waals surface area contributed by atoms with Gasteiger partial charge >= 0.3 is 5.97 Å². The van der Waals surface area contributed by atoms with E-state index >= 15 is 0 Å². The van der Waals surface area contributed by atoms with Gasteiger partial charge in [0.25, 0.3) is 5.91 Å². The number of anilines is 1. The lowest BCUT2D eigenvalue weighted by Gasteiger charge is -2.35. The van der Waals surface area contributed by atoms with Crippen LogP contribution in [-0.4, -0.2) is 59.7 Å². The first-order valence-corrected chi connectivity index (χ1v) is 12.9. The van der Waals surface area contributed by atoms with Crippen molar-refractivity contribution in [2.45, 2.75) is 12.5 Å². The van der Waals surface area contributed by atoms with E-state index < -0.39 is 23.8 Å². The number of hydrogen-bond acceptors (Lipinski definition) is 8. The van der Waals surface area contributed by atoms with Gasteiger partial charge in [0.1, 0.15) is 5.76 Å². The predicted molar refractivity (Wildman–Crippen MR) is 153 cm³/mol. The Balaban J connectivity index is 0.00000337. The SMILES string of the molecule is Cl.O=C(O)CC(C1C=CC=C2OCOC=C21)N1C=C2C=CC(NC(=O)c3ccc(NC4=NCCN4)cc3)=CC2C1=O. The summed E-state index contributed by atoms with van der Waals surface area (Å²) in [6, 6.07) is 6.30. The number of amides is 2. The first-order valence-electron chi connectivity index (χ1n) is 12.9. The highest BCUT2D eigenvalue weighted by Gasteiger charge is 2.42. The fourth-order valence-electron chi connectivity index (χ4n) is 5.24. The molecule has 3 heterocycles. The summed E-state index contributed by atoms with van der Waals surface area (Å²) in [6.07, 6.45) is 13.6. The zero-order chi connectivity index (χ0) is 27.6. The first-order chi connectivity index (χ1) is 19.5. The lowest BCUT2D eigenvalue weighted by atomic mass is 9.84. The van der Waals surface area contributed by atoms with Crippen LogP contribution in [0, 0.1) is 11.8 Å². The summed E-state index contributed by atoms with van der Waals surface area (Å²) in [5.74, 6) is -1.37. The molecule has 0 fully saturated rings. The van der Waals surface area contributed by atoms with Crippen molar-refractivity contribution in [2.75, 3.05) is 25.2 Å². The maximum Gasteiger partial charge on any atom is 0.305 e. The van der Waals surface area contributed by atoms with E-state index in [0.29, 0.717) is 28.6 Å². The second-order valence-corrected chi connectivity index (χ2v) is 9.73. The monoisotopic (exact) mass is 577 g/mol. The minimum atomic E-state index is -1.03. The molecular weight excluding hydrogens is 550 g/mol. The van der Waals surface area contributed by atoms with Gasteiger partial charge in [-0.3, -0.25) is 19.4 Å². The number of carbonyl (C=O) groups excluding carboxylic acids is 2. The summed E-state index contributed by atoms with van der Waals surface area (Å²) >= 11 is 0. The molecule has 0 aromatic heterocycles. The van der Waals surface area contributed by atoms with E-state index in [-0.39, 0.29) is 37.4 Å². The number of nitrogens with one attached hydrogen (secondary N) is 3. The lowest BCUT2D eigenvalue weighted by molar-refractivity contribution is -0.140. The molecule has 3 unspecified atom stereocenters. The average Bonchev–Trinajstić information content (AvgIpc) is 3.59. The zero-order valence-corrected chi connectivity index (χ0v) is 22.6. The van der Waals surface area contributed by atoms with E-state index in [1.807, 2.05) is 6.08 Å². The number of aliphatic carboxylic acids is 1. The maximum absolute atomic E-state index is 13.6. The summed E-state index contributed by atoms with van der Waals surface area (Å²) in [5, 5.41) is 18.8. The minimum Gasteiger partial charge on any atom is -0.481 e. The lowest BCUT2D eigenvalue weighted by Crippen LogP contribution is -2.43. The van der Waals surface area contributed by atoms with Gasteiger partial charge in [0, 0.05) is 41.2 Å². The summed E-state index contributed by atoms with van der Waals surface area (Å²) in [7, 11) is 0. The summed E-state index contributed by atoms with van der Waals surface area (Å²) in [5.41, 5.74) is 3.16. The van der Waals surface area contributed by atoms with Crippen LogP contribution in [0.15, 0.2) is 101 Å². The van der Waals surface area contributed by atoms with Crippen LogP contribution in [0.1, 0.15) is 16.8 Å². The Hall–Kier alpha value is -4.77. The Labute approximate surface area is 242 Å². The zero-order valence-electron chi connectivity index (χ0n) is 21.8. The Morgan fingerprint density at radius 2 is 2.05 bits per heavy atom. The summed E-state index contributed by atoms with van der Waals surface area (Å²) in [6.45, 7) is 1.59. The van der Waals surface area contributed by atoms with Crippen LogP contribution in [-0.2, 0) is 19.1 Å². The standard InChI is InChI=1S/C29H27N5O6.ClH/c35-26(36)13-24(21-2-1-3-25-23(21)15-39-16-40-25)34-14-18-6-9-20(12-22(18)28(34)38)32-27(37)17-4-7-19(8-5-17)33-29-30-10-11-31-29;/h1-9,12,14-15,21-22,24H,10-11,13,16H2,(H,32,37)(H,35,36)(H2,30,31,33);1H. The molecule has 0 bridgehead atoms. The number of carbonyl (C=O) groups is 3. The topological polar surface area (TPSA) is 142 Å². The molecule has 2 aliphatic carbocycles. The van der Waals surface area contributed by atoms with Gasteiger partial charge < -0.3 is 35.4 Å². The normalized spacial score (nSPS) is 22.6. The van der Waals surface area contributed by atoms with Crippen LogP contribution >= 0.6 is 12.4 Å². The number of carboxylic acid groups (broad SMARTS) is 1. The molecule has 0 saturated heterocycles. The highest BCUT2D eigenvalue weighted by atomic mass is 35.5. The molecule has 1 aromatic carbocycles. The van der Waals surface area contributed by atoms with Gasteiger partial charge in [0.05, 0.1) is 31.2 Å². The molecule has 0 radical (unpaired) electrons. The van der Waals surface area contributed by atoms with Crippen LogP contribution in [0.3, 0.4) is 0 Å². The number of allylic oxidation sites excluding steroid dienone is 5. The Kier molecular flexibility index (Phi) is 7.97. The molecular formula is C29H28ClN5O6. The number of ether oxygens (including phenoxy) is 2. The molecule has 6 rings (SSSR count). The van der Waals surface area contributed by atoms with Gasteiger partial charge in [-0.2, -0.15) is 0 Å². The van der Waals surface area contributed by atoms with E-state index in [1.54, 1.807) is 67.1 Å². The van der Waals surface area contributed by atoms with E-state index in [4.69, 9.17) is 9.47 Å². The smallest absolute Gasteiger partial charge is 0.305 e. The number of halogens is 1. The van der Waals surface area contributed by atoms with Crippen molar-refractivity contribution in [3.8, 4) is 0 Å². The Bertz CT molecular complexity index is 1470. The van der Waals surface area contributed by atoms with Crippen LogP contribution in [0.25, 0.3) is 0 Å². The van der Waals surface area contributed by atoms with Crippen LogP contribution in [0.4, 0.5) is 5.69 Å². The number of benzene rings is 1. The molecule has 0 spiro atoms. The second-order valence-electron chi connectivity index (χ2n) is 9.73. The number of aliphatic imine (C=N–C) groups is 1. The molecule has 4 N–H and O–H groups in total. The summed E-state index contributed by atoms with van der Waals surface area (Å²) in [4.78, 5) is 44.1. The van der Waals surface area contributed by atoms with Crippen molar-refractivity contribution in [1.29, 1.82) is 0 Å². The number of carboxylic acids is 1. The molecule has 3 atom stereocenters. The van der Waals surface area contributed by atoms with Gasteiger partial charge in [0.15, 0.2) is 5.96 Å². The average molecular weight is 578 g/mol. The fraction of sp³-hybridized carbons (Fsp3) is 0.241. The van der Waals surface area contributed by atoms with Crippen LogP contribution in [0.5, 0.6) is 0 Å². The van der Waals surface area contributed by atoms with Crippen molar-refractivity contribution in [3.63, 3.8) is 0 Å². The number of rotatable bonds is 7. The van der Waals surface area contributed by atoms with Crippen molar-refractivity contribution >= 4 is 41.8 Å². The van der Waals surface area contributed by atoms with Gasteiger partial charge in [-0.1, -0.05) is 18.2 Å². The van der Waals surface area contributed by atoms with Crippen molar-refractivity contribution in [3.05, 3.63) is 101 Å². The minimum absolute atomic E-state index is 0. The third-order valence-electron chi connectivity index (χ3n) is 7.17. The Morgan fingerprint density at radius 3 is 2.80 bits per heavy atom. The van der Waals surface area contributed by atoms with Gasteiger partial charge in [-0.15, -0.1) is 12.4 Å². The van der Waals surface area contributed by atoms with Crippen molar-refractivity contribution in [2.24, 2.45) is 16.8 Å². The van der Waals surface area contributed by atoms with Gasteiger partial charge in [-0.05, 0) is 48.1 Å². The number of guanidine groups is 1. The second kappa shape index (κ2) is 11.8. The fourth-order valence-corrected chi connectivity index (χ4v) is 5.24. The van der Waals surface area contributed by atoms with Crippen LogP contribution in [0.2, 0.25) is 0 Å². The van der Waals surface area contributed by atoms with E-state index in [9.17, 15) is 19.5 Å². The first kappa shape index (κ1) is 27.8. The number of nitrogens with zero attached hydrogens (tertiary/aromatic N) is 2. The van der Waals surface area contributed by atoms with E-state index in [2.05, 4.69) is 20.9 Å². The van der Waals surface area contributed by atoms with E-state index in [0.717, 1.165) is 24.4 Å². The molecule has 12 heteroatoms. The molecule has 41 heavy (non-hydrogen) atoms. The number of fused-ring (bicyclic) bond motifs is 2. The molecule has 11 nitrogen and oxygen atoms in total. The van der Waals surface area contributed by atoms with Gasteiger partial charge in [-0.25, -0.2) is 0 Å². The third kappa shape index (κ3) is 5.75. The molecule has 0 saturated carbocycles. The van der Waals surface area contributed by atoms with E-state index in [1.165, 1.54) is 4.90 Å². The highest BCUT2D eigenvalue weighted by Crippen LogP contribution is 2.39. The number of hydrogen-bond donors (Lipinski definition) is 4. The van der Waals surface area contributed by atoms with Crippen LogP contribution < -0.4 is 16.0 Å². The maximum atomic E-state index is 13.6. The molecule has 5 aliphatic rings. The summed E-state index contributed by atoms with van der Waals surface area (Å²) < 4.78 is 10.9. The predicted octanol–water partition coefficient (Wildman–Crippen LogP) is 2.81. The van der Waals surface area contributed by atoms with Crippen molar-refractivity contribution < 1.29 is 29.0 Å².